The van der Waals surface area contributed by atoms with E-state index >= 15 is 0 Å². The Morgan fingerprint density at radius 2 is 1.38 bits per heavy atom. The van der Waals surface area contributed by atoms with Gasteiger partial charge in [0.15, 0.2) is 0 Å². The number of amides is 3. The Morgan fingerprint density at radius 3 is 1.83 bits per heavy atom. The van der Waals surface area contributed by atoms with Crippen molar-refractivity contribution < 1.29 is 33.5 Å². The van der Waals surface area contributed by atoms with Crippen LogP contribution in [0.3, 0.4) is 0 Å². The molecule has 0 N–H and O–H groups in total. The molecule has 0 spiro atoms. The third-order valence-electron chi connectivity index (χ3n) is 3.58. The van der Waals surface area contributed by atoms with E-state index in [9.17, 15) is 19.2 Å². The monoisotopic (exact) mass is 406 g/mol. The topological polar surface area (TPSA) is 102 Å². The first kappa shape index (κ1) is 22.2. The second-order valence-corrected chi connectivity index (χ2v) is 8.45. The molecule has 0 saturated heterocycles. The standard InChI is InChI=1S/C20H26N2O7/c1-19(2,3)27-17(25)22(29-18(26)28-20(4,5)6)12-11-21-15(23)13-9-7-8-10-14(13)16(21)24/h7-10H,11-12H2,1-6H3. The predicted molar refractivity (Wildman–Crippen MR) is 102 cm³/mol. The average molecular weight is 406 g/mol. The Bertz CT molecular complexity index is 786. The van der Waals surface area contributed by atoms with Crippen molar-refractivity contribution in [1.29, 1.82) is 0 Å². The van der Waals surface area contributed by atoms with Gasteiger partial charge in [0.05, 0.1) is 24.2 Å². The van der Waals surface area contributed by atoms with E-state index in [4.69, 9.17) is 14.3 Å². The fraction of sp³-hybridized carbons (Fsp3) is 0.500. The molecule has 1 heterocycles. The lowest BCUT2D eigenvalue weighted by atomic mass is 10.1. The van der Waals surface area contributed by atoms with Crippen LogP contribution in [0.5, 0.6) is 0 Å². The molecule has 29 heavy (non-hydrogen) atoms. The number of benzene rings is 1. The van der Waals surface area contributed by atoms with Crippen LogP contribution in [-0.4, -0.2) is 58.3 Å². The van der Waals surface area contributed by atoms with Crippen molar-refractivity contribution in [2.45, 2.75) is 52.7 Å². The van der Waals surface area contributed by atoms with E-state index in [1.165, 1.54) is 0 Å². The molecular weight excluding hydrogens is 380 g/mol. The van der Waals surface area contributed by atoms with Gasteiger partial charge < -0.3 is 14.3 Å². The Labute approximate surface area is 169 Å². The Hall–Kier alpha value is -3.10. The van der Waals surface area contributed by atoms with E-state index in [-0.39, 0.29) is 24.2 Å². The Kier molecular flexibility index (Phi) is 6.20. The molecule has 9 nitrogen and oxygen atoms in total. The molecule has 1 aromatic rings. The van der Waals surface area contributed by atoms with Crippen molar-refractivity contribution in [2.75, 3.05) is 13.1 Å². The van der Waals surface area contributed by atoms with Gasteiger partial charge in [-0.25, -0.2) is 9.59 Å². The summed E-state index contributed by atoms with van der Waals surface area (Å²) in [7, 11) is 0. The number of carbonyl (C=O) groups excluding carboxylic acids is 4. The van der Waals surface area contributed by atoms with Gasteiger partial charge in [-0.15, -0.1) is 5.06 Å². The molecule has 0 atom stereocenters. The molecule has 3 amide bonds. The normalized spacial score (nSPS) is 13.8. The van der Waals surface area contributed by atoms with Crippen LogP contribution < -0.4 is 0 Å². The largest absolute Gasteiger partial charge is 0.534 e. The van der Waals surface area contributed by atoms with E-state index < -0.39 is 35.3 Å². The molecule has 2 rings (SSSR count). The van der Waals surface area contributed by atoms with Gasteiger partial charge in [-0.05, 0) is 53.7 Å². The lowest BCUT2D eigenvalue weighted by Crippen LogP contribution is -2.44. The van der Waals surface area contributed by atoms with Crippen LogP contribution in [0.1, 0.15) is 62.3 Å². The predicted octanol–water partition coefficient (Wildman–Crippen LogP) is 3.39. The van der Waals surface area contributed by atoms with Crippen LogP contribution in [0.4, 0.5) is 9.59 Å². The van der Waals surface area contributed by atoms with Crippen molar-refractivity contribution in [1.82, 2.24) is 9.96 Å². The first-order chi connectivity index (χ1) is 13.3. The van der Waals surface area contributed by atoms with Crippen LogP contribution in [0.2, 0.25) is 0 Å². The van der Waals surface area contributed by atoms with Gasteiger partial charge in [-0.3, -0.25) is 14.5 Å². The lowest BCUT2D eigenvalue weighted by molar-refractivity contribution is -0.136. The molecule has 0 radical (unpaired) electrons. The van der Waals surface area contributed by atoms with Crippen molar-refractivity contribution in [3.63, 3.8) is 0 Å². The smallest absolute Gasteiger partial charge is 0.442 e. The van der Waals surface area contributed by atoms with Crippen LogP contribution >= 0.6 is 0 Å². The average Bonchev–Trinajstić information content (AvgIpc) is 2.80. The fourth-order valence-electron chi connectivity index (χ4n) is 2.48. The second-order valence-electron chi connectivity index (χ2n) is 8.45. The van der Waals surface area contributed by atoms with Crippen LogP contribution in [-0.2, 0) is 14.3 Å². The molecule has 1 aromatic carbocycles. The number of ether oxygens (including phenoxy) is 2. The summed E-state index contributed by atoms with van der Waals surface area (Å²) in [6.45, 7) is 9.43. The number of fused-ring (bicyclic) bond motifs is 1. The first-order valence-corrected chi connectivity index (χ1v) is 9.15. The summed E-state index contributed by atoms with van der Waals surface area (Å²) in [5.41, 5.74) is -1.11. The summed E-state index contributed by atoms with van der Waals surface area (Å²) in [5.74, 6) is -0.959. The summed E-state index contributed by atoms with van der Waals surface area (Å²) >= 11 is 0. The highest BCUT2D eigenvalue weighted by Crippen LogP contribution is 2.22. The maximum absolute atomic E-state index is 12.5. The van der Waals surface area contributed by atoms with Crippen LogP contribution in [0, 0.1) is 0 Å². The number of hydrogen-bond donors (Lipinski definition) is 0. The van der Waals surface area contributed by atoms with Gasteiger partial charge in [0.25, 0.3) is 11.8 Å². The molecule has 0 bridgehead atoms. The molecule has 1 aliphatic heterocycles. The highest BCUT2D eigenvalue weighted by atomic mass is 16.8. The Morgan fingerprint density at radius 1 is 0.897 bits per heavy atom. The minimum Gasteiger partial charge on any atom is -0.442 e. The third-order valence-corrected chi connectivity index (χ3v) is 3.58. The van der Waals surface area contributed by atoms with Gasteiger partial charge >= 0.3 is 12.2 Å². The Balaban J connectivity index is 2.11. The highest BCUT2D eigenvalue weighted by molar-refractivity contribution is 6.21. The van der Waals surface area contributed by atoms with Gasteiger partial charge in [0.2, 0.25) is 0 Å². The maximum atomic E-state index is 12.5. The summed E-state index contributed by atoms with van der Waals surface area (Å²) in [4.78, 5) is 55.3. The molecule has 158 valence electrons. The van der Waals surface area contributed by atoms with E-state index in [0.717, 1.165) is 4.90 Å². The van der Waals surface area contributed by atoms with Crippen molar-refractivity contribution in [3.8, 4) is 0 Å². The molecule has 0 unspecified atom stereocenters. The van der Waals surface area contributed by atoms with Crippen LogP contribution in [0.15, 0.2) is 24.3 Å². The number of imide groups is 1. The third kappa shape index (κ3) is 5.94. The van der Waals surface area contributed by atoms with E-state index in [1.54, 1.807) is 65.8 Å². The van der Waals surface area contributed by atoms with Crippen molar-refractivity contribution in [2.24, 2.45) is 0 Å². The zero-order chi connectivity index (χ0) is 22.0. The second kappa shape index (κ2) is 8.10. The van der Waals surface area contributed by atoms with Gasteiger partial charge in [-0.2, -0.15) is 0 Å². The van der Waals surface area contributed by atoms with Crippen molar-refractivity contribution >= 4 is 24.1 Å². The number of hydrogen-bond acceptors (Lipinski definition) is 7. The SMILES string of the molecule is CC(C)(C)OC(=O)ON(CCN1C(=O)c2ccccc2C1=O)C(=O)OC(C)(C)C. The zero-order valence-corrected chi connectivity index (χ0v) is 17.5. The molecular formula is C20H26N2O7. The summed E-state index contributed by atoms with van der Waals surface area (Å²) in [5, 5.41) is 0.642. The van der Waals surface area contributed by atoms with E-state index in [1.807, 2.05) is 0 Å². The molecule has 0 fully saturated rings. The fourth-order valence-corrected chi connectivity index (χ4v) is 2.48. The van der Waals surface area contributed by atoms with Crippen LogP contribution in [0.25, 0.3) is 0 Å². The molecule has 0 saturated carbocycles. The number of hydroxylamine groups is 2. The van der Waals surface area contributed by atoms with Gasteiger partial charge in [0, 0.05) is 0 Å². The minimum atomic E-state index is -1.11. The first-order valence-electron chi connectivity index (χ1n) is 9.15. The molecule has 9 heteroatoms. The number of nitrogens with zero attached hydrogens (tertiary/aromatic N) is 2. The maximum Gasteiger partial charge on any atom is 0.534 e. The zero-order valence-electron chi connectivity index (χ0n) is 17.5. The molecule has 0 aliphatic carbocycles. The highest BCUT2D eigenvalue weighted by Gasteiger charge is 2.36. The number of rotatable bonds is 3. The van der Waals surface area contributed by atoms with Crippen molar-refractivity contribution in [3.05, 3.63) is 35.4 Å². The van der Waals surface area contributed by atoms with Gasteiger partial charge in [-0.1, -0.05) is 12.1 Å². The summed E-state index contributed by atoms with van der Waals surface area (Å²) < 4.78 is 10.3. The molecule has 0 aromatic heterocycles. The molecule has 1 aliphatic rings. The van der Waals surface area contributed by atoms with E-state index in [2.05, 4.69) is 0 Å². The minimum absolute atomic E-state index is 0.186. The summed E-state index contributed by atoms with van der Waals surface area (Å²) in [6.07, 6.45) is -2.05. The van der Waals surface area contributed by atoms with Gasteiger partial charge in [0.1, 0.15) is 11.2 Å². The number of carbonyl (C=O) groups is 4. The quantitative estimate of drug-likeness (QED) is 0.431. The lowest BCUT2D eigenvalue weighted by Gasteiger charge is -2.28. The summed E-state index contributed by atoms with van der Waals surface area (Å²) in [6, 6.07) is 6.43. The van der Waals surface area contributed by atoms with E-state index in [0.29, 0.717) is 5.06 Å².